The Bertz CT molecular complexity index is 1180. The molecule has 0 bridgehead atoms. The summed E-state index contributed by atoms with van der Waals surface area (Å²) in [5.41, 5.74) is 3.00. The fourth-order valence-electron chi connectivity index (χ4n) is 5.31. The number of carbonyl (C=O) groups is 1. The van der Waals surface area contributed by atoms with Crippen LogP contribution >= 0.6 is 0 Å². The molecule has 0 saturated carbocycles. The zero-order chi connectivity index (χ0) is 25.1. The first-order chi connectivity index (χ1) is 17.5. The predicted octanol–water partition coefficient (Wildman–Crippen LogP) is 3.91. The Hall–Kier alpha value is -3.39. The number of anilines is 1. The van der Waals surface area contributed by atoms with E-state index in [1.54, 1.807) is 7.11 Å². The summed E-state index contributed by atoms with van der Waals surface area (Å²) >= 11 is 0. The molecule has 0 radical (unpaired) electrons. The lowest BCUT2D eigenvalue weighted by molar-refractivity contribution is 0.145. The van der Waals surface area contributed by atoms with Crippen molar-refractivity contribution < 1.29 is 9.53 Å². The fraction of sp³-hybridized carbons (Fsp3) is 0.464. The summed E-state index contributed by atoms with van der Waals surface area (Å²) in [6.45, 7) is 8.62. The molecule has 1 N–H and O–H groups in total. The molecule has 2 saturated heterocycles. The molecule has 1 aromatic heterocycles. The Balaban J connectivity index is 1.15. The van der Waals surface area contributed by atoms with E-state index in [1.807, 2.05) is 29.3 Å². The summed E-state index contributed by atoms with van der Waals surface area (Å²) in [4.78, 5) is 29.4. The van der Waals surface area contributed by atoms with Crippen molar-refractivity contribution in [2.75, 3.05) is 38.2 Å². The van der Waals surface area contributed by atoms with Gasteiger partial charge in [0.1, 0.15) is 11.6 Å². The van der Waals surface area contributed by atoms with Crippen LogP contribution in [0, 0.1) is 0 Å². The van der Waals surface area contributed by atoms with Crippen LogP contribution in [0.15, 0.2) is 54.7 Å². The number of benzene rings is 2. The Kier molecular flexibility index (Phi) is 7.23. The van der Waals surface area contributed by atoms with Crippen LogP contribution in [0.5, 0.6) is 5.75 Å². The summed E-state index contributed by atoms with van der Waals surface area (Å²) < 4.78 is 5.29. The number of hydrogen-bond acceptors (Lipinski definition) is 6. The van der Waals surface area contributed by atoms with Gasteiger partial charge in [0.05, 0.1) is 24.3 Å². The summed E-state index contributed by atoms with van der Waals surface area (Å²) in [7, 11) is 1.65. The van der Waals surface area contributed by atoms with Crippen molar-refractivity contribution in [1.29, 1.82) is 0 Å². The van der Waals surface area contributed by atoms with Gasteiger partial charge < -0.3 is 19.9 Å². The maximum atomic E-state index is 13.2. The third-order valence-electron chi connectivity index (χ3n) is 7.44. The highest BCUT2D eigenvalue weighted by atomic mass is 16.5. The number of likely N-dealkylation sites (tertiary alicyclic amines) is 1. The normalized spacial score (nSPS) is 21.5. The molecule has 0 spiro atoms. The summed E-state index contributed by atoms with van der Waals surface area (Å²) in [5, 5.41) is 3.32. The molecule has 3 heterocycles. The molecular weight excluding hydrogens is 452 g/mol. The van der Waals surface area contributed by atoms with Crippen LogP contribution in [-0.2, 0) is 6.54 Å². The van der Waals surface area contributed by atoms with Gasteiger partial charge in [0.25, 0.3) is 0 Å². The van der Waals surface area contributed by atoms with Crippen molar-refractivity contribution in [2.24, 2.45) is 0 Å². The minimum atomic E-state index is 0.0483. The van der Waals surface area contributed by atoms with E-state index in [1.165, 1.54) is 5.56 Å². The van der Waals surface area contributed by atoms with E-state index < -0.39 is 0 Å². The number of carbonyl (C=O) groups excluding carboxylic acids is 1. The van der Waals surface area contributed by atoms with Gasteiger partial charge in [-0.1, -0.05) is 30.3 Å². The van der Waals surface area contributed by atoms with Gasteiger partial charge in [0.15, 0.2) is 0 Å². The minimum Gasteiger partial charge on any atom is -0.497 e. The minimum absolute atomic E-state index is 0.0483. The first-order valence-corrected chi connectivity index (χ1v) is 12.9. The number of urea groups is 1. The number of rotatable bonds is 5. The summed E-state index contributed by atoms with van der Waals surface area (Å²) in [6, 6.07) is 16.8. The first-order valence-electron chi connectivity index (χ1n) is 12.9. The molecule has 2 aliphatic rings. The topological polar surface area (TPSA) is 73.8 Å². The molecule has 36 heavy (non-hydrogen) atoms. The van der Waals surface area contributed by atoms with Gasteiger partial charge in [0, 0.05) is 56.9 Å². The van der Waals surface area contributed by atoms with Crippen LogP contribution in [-0.4, -0.2) is 77.2 Å². The van der Waals surface area contributed by atoms with E-state index in [0.717, 1.165) is 61.6 Å². The molecule has 2 aliphatic heterocycles. The number of piperazine rings is 1. The molecule has 5 rings (SSSR count). The van der Waals surface area contributed by atoms with E-state index >= 15 is 0 Å². The Morgan fingerprint density at radius 1 is 1.03 bits per heavy atom. The maximum Gasteiger partial charge on any atom is 0.317 e. The average Bonchev–Trinajstić information content (AvgIpc) is 2.90. The van der Waals surface area contributed by atoms with Crippen LogP contribution in [0.3, 0.4) is 0 Å². The molecule has 8 heteroatoms. The number of hydrogen-bond donors (Lipinski definition) is 1. The lowest BCUT2D eigenvalue weighted by Crippen LogP contribution is -2.61. The van der Waals surface area contributed by atoms with E-state index in [9.17, 15) is 4.79 Å². The molecule has 0 unspecified atom stereocenters. The van der Waals surface area contributed by atoms with E-state index in [2.05, 4.69) is 64.3 Å². The van der Waals surface area contributed by atoms with Gasteiger partial charge in [-0.15, -0.1) is 0 Å². The zero-order valence-corrected chi connectivity index (χ0v) is 21.4. The number of nitrogens with one attached hydrogen (secondary N) is 1. The molecule has 2 fully saturated rings. The Labute approximate surface area is 213 Å². The lowest BCUT2D eigenvalue weighted by atomic mass is 10.0. The molecular formula is C28H36N6O2. The fourth-order valence-corrected chi connectivity index (χ4v) is 5.31. The molecule has 3 aromatic rings. The van der Waals surface area contributed by atoms with Crippen molar-refractivity contribution in [3.63, 3.8) is 0 Å². The second-order valence-electron chi connectivity index (χ2n) is 10.1. The van der Waals surface area contributed by atoms with Gasteiger partial charge in [0.2, 0.25) is 0 Å². The highest BCUT2D eigenvalue weighted by Crippen LogP contribution is 2.25. The Morgan fingerprint density at radius 3 is 2.56 bits per heavy atom. The van der Waals surface area contributed by atoms with Crippen molar-refractivity contribution in [1.82, 2.24) is 25.1 Å². The van der Waals surface area contributed by atoms with Crippen molar-refractivity contribution >= 4 is 22.9 Å². The second-order valence-corrected chi connectivity index (χ2v) is 10.1. The summed E-state index contributed by atoms with van der Waals surface area (Å²) in [6.07, 6.45) is 3.80. The smallest absolute Gasteiger partial charge is 0.317 e. The Morgan fingerprint density at radius 2 is 1.81 bits per heavy atom. The molecule has 0 aliphatic carbocycles. The van der Waals surface area contributed by atoms with E-state index in [0.29, 0.717) is 6.54 Å². The van der Waals surface area contributed by atoms with Gasteiger partial charge >= 0.3 is 6.03 Å². The zero-order valence-electron chi connectivity index (χ0n) is 21.4. The lowest BCUT2D eigenvalue weighted by Gasteiger charge is -2.45. The number of ether oxygens (including phenoxy) is 1. The largest absolute Gasteiger partial charge is 0.497 e. The van der Waals surface area contributed by atoms with Gasteiger partial charge in [-0.2, -0.15) is 0 Å². The number of aromatic nitrogens is 2. The third-order valence-corrected chi connectivity index (χ3v) is 7.44. The van der Waals surface area contributed by atoms with Crippen molar-refractivity contribution in [3.8, 4) is 5.75 Å². The predicted molar refractivity (Wildman–Crippen MR) is 142 cm³/mol. The van der Waals surface area contributed by atoms with Crippen LogP contribution in [0.1, 0.15) is 32.3 Å². The average molecular weight is 489 g/mol. The maximum absolute atomic E-state index is 13.2. The van der Waals surface area contributed by atoms with E-state index in [-0.39, 0.29) is 24.2 Å². The van der Waals surface area contributed by atoms with E-state index in [4.69, 9.17) is 9.72 Å². The number of amides is 2. The molecule has 2 amide bonds. The standard InChI is InChI=1S/C28H36N6O2/c1-20-18-34(28(35)30-23-11-13-32(14-12-23)19-22-7-5-4-6-8-22)21(2)17-33(20)27-16-29-26-15-24(36-3)9-10-25(26)31-27/h4-10,15-16,20-21,23H,11-14,17-19H2,1-3H3,(H,30,35)/t20-,21+/m0/s1. The highest BCUT2D eigenvalue weighted by molar-refractivity contribution is 5.78. The molecule has 2 atom stereocenters. The second kappa shape index (κ2) is 10.7. The SMILES string of the molecule is COc1ccc2nc(N3C[C@@H](C)N(C(=O)NC4CCN(Cc5ccccc5)CC4)C[C@@H]3C)cnc2c1. The number of nitrogens with zero attached hydrogens (tertiary/aromatic N) is 5. The van der Waals surface area contributed by atoms with Crippen LogP contribution in [0.25, 0.3) is 11.0 Å². The summed E-state index contributed by atoms with van der Waals surface area (Å²) in [5.74, 6) is 1.62. The number of fused-ring (bicyclic) bond motifs is 1. The third kappa shape index (κ3) is 5.38. The monoisotopic (exact) mass is 488 g/mol. The first kappa shape index (κ1) is 24.3. The van der Waals surface area contributed by atoms with Crippen molar-refractivity contribution in [2.45, 2.75) is 51.4 Å². The van der Waals surface area contributed by atoms with Crippen LogP contribution < -0.4 is 15.0 Å². The van der Waals surface area contributed by atoms with Crippen LogP contribution in [0.2, 0.25) is 0 Å². The molecule has 8 nitrogen and oxygen atoms in total. The quantitative estimate of drug-likeness (QED) is 0.587. The van der Waals surface area contributed by atoms with Crippen molar-refractivity contribution in [3.05, 3.63) is 60.3 Å². The highest BCUT2D eigenvalue weighted by Gasteiger charge is 2.34. The van der Waals surface area contributed by atoms with Gasteiger partial charge in [-0.3, -0.25) is 9.88 Å². The molecule has 190 valence electrons. The van der Waals surface area contributed by atoms with Crippen LogP contribution in [0.4, 0.5) is 10.6 Å². The van der Waals surface area contributed by atoms with Gasteiger partial charge in [-0.05, 0) is 44.4 Å². The molecule has 2 aromatic carbocycles. The van der Waals surface area contributed by atoms with Gasteiger partial charge in [-0.25, -0.2) is 9.78 Å². The number of methoxy groups -OCH3 is 1. The number of piperidine rings is 1.